The maximum Gasteiger partial charge on any atom is 0.300 e. The van der Waals surface area contributed by atoms with E-state index in [9.17, 15) is 9.59 Å². The minimum Gasteiger partial charge on any atom is -0.497 e. The summed E-state index contributed by atoms with van der Waals surface area (Å²) in [7, 11) is 1.68. The van der Waals surface area contributed by atoms with Crippen LogP contribution < -0.4 is 14.5 Å². The van der Waals surface area contributed by atoms with Crippen molar-refractivity contribution in [3.8, 4) is 5.75 Å². The van der Waals surface area contributed by atoms with E-state index < -0.39 is 17.2 Å². The molecule has 3 aliphatic heterocycles. The fraction of sp³-hybridized carbons (Fsp3) is 0.333. The van der Waals surface area contributed by atoms with Crippen LogP contribution in [-0.4, -0.2) is 55.4 Å². The first-order valence-corrected chi connectivity index (χ1v) is 11.4. The summed E-state index contributed by atoms with van der Waals surface area (Å²) in [6.45, 7) is 9.59. The molecule has 3 aliphatic rings. The molecule has 6 heteroatoms. The van der Waals surface area contributed by atoms with E-state index >= 15 is 0 Å². The predicted molar refractivity (Wildman–Crippen MR) is 132 cm³/mol. The average molecular weight is 444 g/mol. The summed E-state index contributed by atoms with van der Waals surface area (Å²) in [6.07, 6.45) is 6.10. The summed E-state index contributed by atoms with van der Waals surface area (Å²) >= 11 is 0. The molecule has 33 heavy (non-hydrogen) atoms. The van der Waals surface area contributed by atoms with Crippen molar-refractivity contribution in [1.29, 1.82) is 0 Å². The lowest BCUT2D eigenvalue weighted by molar-refractivity contribution is -0.115. The van der Waals surface area contributed by atoms with E-state index in [0.717, 1.165) is 54.3 Å². The number of ketones is 1. The van der Waals surface area contributed by atoms with Gasteiger partial charge in [0.2, 0.25) is 0 Å². The van der Waals surface area contributed by atoms with E-state index in [1.807, 2.05) is 51.1 Å². The van der Waals surface area contributed by atoms with Gasteiger partial charge in [-0.1, -0.05) is 18.2 Å². The standard InChI is InChI=1S/C27H29N3O3/c1-18-17-27(2,3)30-24-22(18)10-5-19(23(24)25(31)26(30)32)11-12-28-13-15-29(16-14-28)20-6-8-21(33-4)9-7-20/h5-12,17H,13-16H2,1-4H3. The molecule has 6 nitrogen and oxygen atoms in total. The number of piperazine rings is 1. The van der Waals surface area contributed by atoms with Gasteiger partial charge in [0.05, 0.1) is 23.9 Å². The van der Waals surface area contributed by atoms with Crippen molar-refractivity contribution in [2.75, 3.05) is 43.1 Å². The number of methoxy groups -OCH3 is 1. The molecule has 170 valence electrons. The number of rotatable bonds is 4. The van der Waals surface area contributed by atoms with Crippen LogP contribution in [0.5, 0.6) is 5.75 Å². The van der Waals surface area contributed by atoms with Gasteiger partial charge in [0.1, 0.15) is 5.75 Å². The van der Waals surface area contributed by atoms with E-state index in [1.165, 1.54) is 5.69 Å². The first-order valence-electron chi connectivity index (χ1n) is 11.4. The lowest BCUT2D eigenvalue weighted by Crippen LogP contribution is -2.47. The molecule has 0 aliphatic carbocycles. The lowest BCUT2D eigenvalue weighted by Gasteiger charge is -2.38. The smallest absolute Gasteiger partial charge is 0.300 e. The number of hydrogen-bond acceptors (Lipinski definition) is 5. The Balaban J connectivity index is 1.35. The van der Waals surface area contributed by atoms with Gasteiger partial charge in [-0.25, -0.2) is 0 Å². The van der Waals surface area contributed by atoms with Gasteiger partial charge in [0, 0.05) is 37.4 Å². The lowest BCUT2D eigenvalue weighted by atomic mass is 9.88. The summed E-state index contributed by atoms with van der Waals surface area (Å²) < 4.78 is 5.25. The zero-order valence-electron chi connectivity index (χ0n) is 19.6. The minimum absolute atomic E-state index is 0.410. The Kier molecular flexibility index (Phi) is 5.04. The number of ether oxygens (including phenoxy) is 1. The molecule has 0 bridgehead atoms. The molecule has 0 atom stereocenters. The summed E-state index contributed by atoms with van der Waals surface area (Å²) in [5.41, 5.74) is 4.84. The Labute approximate surface area is 194 Å². The van der Waals surface area contributed by atoms with Crippen LogP contribution in [0.3, 0.4) is 0 Å². The third-order valence-corrected chi connectivity index (χ3v) is 6.85. The number of benzene rings is 2. The van der Waals surface area contributed by atoms with Crippen molar-refractivity contribution in [2.45, 2.75) is 26.3 Å². The van der Waals surface area contributed by atoms with Crippen LogP contribution in [0.15, 0.2) is 48.7 Å². The fourth-order valence-corrected chi connectivity index (χ4v) is 5.17. The minimum atomic E-state index is -0.519. The second-order valence-corrected chi connectivity index (χ2v) is 9.41. The number of carbonyl (C=O) groups excluding carboxylic acids is 2. The van der Waals surface area contributed by atoms with Crippen LogP contribution in [-0.2, 0) is 4.79 Å². The highest BCUT2D eigenvalue weighted by molar-refractivity contribution is 6.53. The Bertz CT molecular complexity index is 1190. The topological polar surface area (TPSA) is 53.1 Å². The molecular weight excluding hydrogens is 414 g/mol. The molecule has 0 radical (unpaired) electrons. The highest BCUT2D eigenvalue weighted by atomic mass is 16.5. The molecule has 1 fully saturated rings. The van der Waals surface area contributed by atoms with Crippen molar-refractivity contribution in [3.63, 3.8) is 0 Å². The van der Waals surface area contributed by atoms with Crippen LogP contribution in [0.2, 0.25) is 0 Å². The summed E-state index contributed by atoms with van der Waals surface area (Å²) in [5, 5.41) is 0. The quantitative estimate of drug-likeness (QED) is 0.663. The molecule has 5 rings (SSSR count). The van der Waals surface area contributed by atoms with Crippen molar-refractivity contribution >= 4 is 34.7 Å². The molecule has 1 amide bonds. The second kappa shape index (κ2) is 7.80. The van der Waals surface area contributed by atoms with Crippen LogP contribution in [0.25, 0.3) is 11.6 Å². The Morgan fingerprint density at radius 3 is 2.33 bits per heavy atom. The van der Waals surface area contributed by atoms with Gasteiger partial charge in [0.15, 0.2) is 0 Å². The van der Waals surface area contributed by atoms with Gasteiger partial charge in [-0.05, 0) is 68.4 Å². The van der Waals surface area contributed by atoms with Gasteiger partial charge in [-0.15, -0.1) is 0 Å². The zero-order chi connectivity index (χ0) is 23.3. The highest BCUT2D eigenvalue weighted by Gasteiger charge is 2.47. The van der Waals surface area contributed by atoms with Gasteiger partial charge >= 0.3 is 0 Å². The molecule has 0 saturated carbocycles. The van der Waals surface area contributed by atoms with Crippen molar-refractivity contribution in [3.05, 3.63) is 65.4 Å². The third-order valence-electron chi connectivity index (χ3n) is 6.85. The van der Waals surface area contributed by atoms with E-state index in [2.05, 4.69) is 34.2 Å². The van der Waals surface area contributed by atoms with Crippen molar-refractivity contribution in [2.24, 2.45) is 0 Å². The summed E-state index contributed by atoms with van der Waals surface area (Å²) in [4.78, 5) is 32.1. The number of nitrogens with zero attached hydrogens (tertiary/aromatic N) is 3. The maximum atomic E-state index is 13.0. The molecule has 0 unspecified atom stereocenters. The van der Waals surface area contributed by atoms with E-state index in [4.69, 9.17) is 4.74 Å². The Hall–Kier alpha value is -3.54. The number of Topliss-reactive ketones (excluding diaryl/α,β-unsaturated/α-hetero) is 1. The zero-order valence-corrected chi connectivity index (χ0v) is 19.6. The average Bonchev–Trinajstić information content (AvgIpc) is 3.09. The first-order chi connectivity index (χ1) is 15.8. The van der Waals surface area contributed by atoms with Gasteiger partial charge < -0.3 is 14.5 Å². The van der Waals surface area contributed by atoms with E-state index in [0.29, 0.717) is 5.56 Å². The largest absolute Gasteiger partial charge is 0.497 e. The fourth-order valence-electron chi connectivity index (χ4n) is 5.17. The molecule has 0 spiro atoms. The molecule has 0 N–H and O–H groups in total. The Morgan fingerprint density at radius 2 is 1.67 bits per heavy atom. The van der Waals surface area contributed by atoms with Crippen LogP contribution in [0.4, 0.5) is 11.4 Å². The maximum absolute atomic E-state index is 13.0. The summed E-state index contributed by atoms with van der Waals surface area (Å²) in [6, 6.07) is 12.1. The molecular formula is C27H29N3O3. The molecule has 2 aromatic rings. The third kappa shape index (κ3) is 3.50. The second-order valence-electron chi connectivity index (χ2n) is 9.41. The number of amides is 1. The number of carbonyl (C=O) groups is 2. The van der Waals surface area contributed by atoms with Crippen molar-refractivity contribution < 1.29 is 14.3 Å². The monoisotopic (exact) mass is 443 g/mol. The number of hydrogen-bond donors (Lipinski definition) is 0. The Morgan fingerprint density at radius 1 is 0.970 bits per heavy atom. The number of allylic oxidation sites excluding steroid dienone is 1. The molecule has 1 saturated heterocycles. The van der Waals surface area contributed by atoms with Gasteiger partial charge in [0.25, 0.3) is 11.7 Å². The van der Waals surface area contributed by atoms with Gasteiger partial charge in [-0.3, -0.25) is 14.5 Å². The summed E-state index contributed by atoms with van der Waals surface area (Å²) in [5.74, 6) is 0.0140. The van der Waals surface area contributed by atoms with Crippen LogP contribution in [0.1, 0.15) is 42.3 Å². The normalized spacial score (nSPS) is 19.3. The molecule has 0 aromatic heterocycles. The molecule has 3 heterocycles. The van der Waals surface area contributed by atoms with Crippen LogP contribution in [0, 0.1) is 0 Å². The predicted octanol–water partition coefficient (Wildman–Crippen LogP) is 4.21. The SMILES string of the molecule is COc1ccc(N2CCN(C=Cc3ccc4c5c3C(=O)C(=O)N5C(C)(C)C=C4C)CC2)cc1. The van der Waals surface area contributed by atoms with E-state index in [-0.39, 0.29) is 0 Å². The van der Waals surface area contributed by atoms with Crippen molar-refractivity contribution in [1.82, 2.24) is 4.90 Å². The highest BCUT2D eigenvalue weighted by Crippen LogP contribution is 2.46. The van der Waals surface area contributed by atoms with Crippen LogP contribution >= 0.6 is 0 Å². The van der Waals surface area contributed by atoms with E-state index in [1.54, 1.807) is 12.0 Å². The molecule has 2 aromatic carbocycles. The number of anilines is 2. The first kappa shape index (κ1) is 21.3. The van der Waals surface area contributed by atoms with Gasteiger partial charge in [-0.2, -0.15) is 0 Å².